The summed E-state index contributed by atoms with van der Waals surface area (Å²) in [6.45, 7) is 3.74. The first-order valence-corrected chi connectivity index (χ1v) is 9.74. The van der Waals surface area contributed by atoms with E-state index in [0.29, 0.717) is 6.42 Å². The number of hydrogen-bond donors (Lipinski definition) is 3. The highest BCUT2D eigenvalue weighted by Gasteiger charge is 2.37. The number of hydrogen-bond acceptors (Lipinski definition) is 7. The molecule has 0 aromatic carbocycles. The first-order chi connectivity index (χ1) is 11.7. The molecule has 11 heteroatoms. The van der Waals surface area contributed by atoms with E-state index >= 15 is 0 Å². The fraction of sp³-hybridized carbons (Fsp3) is 0.643. The number of anilines is 1. The van der Waals surface area contributed by atoms with Gasteiger partial charge in [0.15, 0.2) is 0 Å². The molecule has 2 heterocycles. The third-order valence-electron chi connectivity index (χ3n) is 4.06. The van der Waals surface area contributed by atoms with Gasteiger partial charge in [-0.3, -0.25) is 13.9 Å². The molecule has 1 aliphatic rings. The number of nitrogens with one attached hydrogen (secondary N) is 1. The van der Waals surface area contributed by atoms with Crippen molar-refractivity contribution in [1.29, 1.82) is 0 Å². The highest BCUT2D eigenvalue weighted by atomic mass is 31.2. The first-order valence-electron chi connectivity index (χ1n) is 7.93. The van der Waals surface area contributed by atoms with E-state index in [1.54, 1.807) is 6.92 Å². The van der Waals surface area contributed by atoms with Crippen molar-refractivity contribution >= 4 is 19.3 Å². The number of carboxylic acid groups (broad SMARTS) is 1. The SMILES string of the molecule is CCC(C)C(NP1(=O)CO[C@@H](Cn2ccc(N)nc2=O)CO1)C(=O)O. The van der Waals surface area contributed by atoms with Crippen LogP contribution in [-0.4, -0.2) is 45.7 Å². The van der Waals surface area contributed by atoms with Gasteiger partial charge in [-0.15, -0.1) is 0 Å². The summed E-state index contributed by atoms with van der Waals surface area (Å²) in [6.07, 6.45) is 1.33. The molecule has 1 aliphatic heterocycles. The van der Waals surface area contributed by atoms with Crippen LogP contribution in [0.5, 0.6) is 0 Å². The Labute approximate surface area is 144 Å². The second-order valence-corrected chi connectivity index (χ2v) is 8.13. The van der Waals surface area contributed by atoms with Crippen LogP contribution in [0.25, 0.3) is 0 Å². The lowest BCUT2D eigenvalue weighted by molar-refractivity contribution is -0.140. The number of ether oxygens (including phenoxy) is 1. The quantitative estimate of drug-likeness (QED) is 0.580. The average Bonchev–Trinajstić information content (AvgIpc) is 2.56. The topological polar surface area (TPSA) is 146 Å². The Morgan fingerprint density at radius 2 is 2.36 bits per heavy atom. The number of carboxylic acids is 1. The molecule has 1 saturated heterocycles. The maximum Gasteiger partial charge on any atom is 0.349 e. The van der Waals surface area contributed by atoms with E-state index in [1.807, 2.05) is 6.92 Å². The predicted octanol–water partition coefficient (Wildman–Crippen LogP) is 0.480. The van der Waals surface area contributed by atoms with Crippen LogP contribution in [0.2, 0.25) is 0 Å². The van der Waals surface area contributed by atoms with Gasteiger partial charge in [-0.05, 0) is 12.0 Å². The zero-order chi connectivity index (χ0) is 18.6. The largest absolute Gasteiger partial charge is 0.480 e. The number of nitrogens with two attached hydrogens (primary N) is 1. The van der Waals surface area contributed by atoms with Crippen molar-refractivity contribution in [2.24, 2.45) is 5.92 Å². The third-order valence-corrected chi connectivity index (χ3v) is 5.79. The molecular weight excluding hydrogens is 351 g/mol. The second kappa shape index (κ2) is 8.09. The predicted molar refractivity (Wildman–Crippen MR) is 90.2 cm³/mol. The monoisotopic (exact) mass is 374 g/mol. The van der Waals surface area contributed by atoms with Gasteiger partial charge in [0.1, 0.15) is 24.3 Å². The Balaban J connectivity index is 1.96. The van der Waals surface area contributed by atoms with Gasteiger partial charge in [-0.2, -0.15) is 4.98 Å². The molecule has 0 aliphatic carbocycles. The molecule has 4 atom stereocenters. The van der Waals surface area contributed by atoms with E-state index in [9.17, 15) is 19.3 Å². The molecule has 0 spiro atoms. The van der Waals surface area contributed by atoms with Gasteiger partial charge in [0, 0.05) is 6.20 Å². The third kappa shape index (κ3) is 5.12. The molecular formula is C14H23N4O6P. The summed E-state index contributed by atoms with van der Waals surface area (Å²) in [5, 5.41) is 11.9. The second-order valence-electron chi connectivity index (χ2n) is 6.00. The molecule has 1 aromatic rings. The first kappa shape index (κ1) is 19.6. The van der Waals surface area contributed by atoms with Gasteiger partial charge < -0.3 is 20.1 Å². The summed E-state index contributed by atoms with van der Waals surface area (Å²) in [7, 11) is -3.43. The summed E-state index contributed by atoms with van der Waals surface area (Å²) in [5.41, 5.74) is 4.91. The van der Waals surface area contributed by atoms with Crippen LogP contribution in [-0.2, 0) is 25.2 Å². The van der Waals surface area contributed by atoms with E-state index in [0.717, 1.165) is 0 Å². The summed E-state index contributed by atoms with van der Waals surface area (Å²) in [4.78, 5) is 26.7. The molecule has 3 unspecified atom stereocenters. The van der Waals surface area contributed by atoms with E-state index in [4.69, 9.17) is 15.0 Å². The Kier molecular flexibility index (Phi) is 6.34. The fourth-order valence-corrected chi connectivity index (χ4v) is 4.17. The van der Waals surface area contributed by atoms with Crippen LogP contribution in [0.15, 0.2) is 17.1 Å². The zero-order valence-corrected chi connectivity index (χ0v) is 15.0. The smallest absolute Gasteiger partial charge is 0.349 e. The van der Waals surface area contributed by atoms with E-state index in [2.05, 4.69) is 10.1 Å². The van der Waals surface area contributed by atoms with Crippen molar-refractivity contribution in [3.63, 3.8) is 0 Å². The van der Waals surface area contributed by atoms with Crippen molar-refractivity contribution in [2.45, 2.75) is 39.0 Å². The molecule has 0 amide bonds. The number of aromatic nitrogens is 2. The van der Waals surface area contributed by atoms with Crippen molar-refractivity contribution in [1.82, 2.24) is 14.6 Å². The summed E-state index contributed by atoms with van der Waals surface area (Å²) in [6, 6.07) is 0.501. The van der Waals surface area contributed by atoms with Gasteiger partial charge >= 0.3 is 11.7 Å². The van der Waals surface area contributed by atoms with Gasteiger partial charge in [0.2, 0.25) is 0 Å². The summed E-state index contributed by atoms with van der Waals surface area (Å²) in [5.74, 6) is -1.18. The van der Waals surface area contributed by atoms with Crippen LogP contribution < -0.4 is 16.5 Å². The van der Waals surface area contributed by atoms with Crippen LogP contribution in [0, 0.1) is 5.92 Å². The average molecular weight is 374 g/mol. The van der Waals surface area contributed by atoms with Crippen molar-refractivity contribution in [3.05, 3.63) is 22.7 Å². The Bertz CT molecular complexity index is 712. The molecule has 25 heavy (non-hydrogen) atoms. The Morgan fingerprint density at radius 3 is 2.88 bits per heavy atom. The number of rotatable bonds is 7. The van der Waals surface area contributed by atoms with E-state index < -0.39 is 31.3 Å². The molecule has 2 rings (SSSR count). The Hall–Kier alpha value is -1.74. The molecule has 10 nitrogen and oxygen atoms in total. The van der Waals surface area contributed by atoms with Crippen molar-refractivity contribution in [2.75, 3.05) is 18.7 Å². The van der Waals surface area contributed by atoms with Crippen LogP contribution in [0.1, 0.15) is 20.3 Å². The molecule has 0 saturated carbocycles. The fourth-order valence-electron chi connectivity index (χ4n) is 2.35. The summed E-state index contributed by atoms with van der Waals surface area (Å²) < 4.78 is 24.9. The Morgan fingerprint density at radius 1 is 1.64 bits per heavy atom. The van der Waals surface area contributed by atoms with Gasteiger partial charge in [-0.25, -0.2) is 9.88 Å². The molecule has 140 valence electrons. The molecule has 1 fully saturated rings. The summed E-state index contributed by atoms with van der Waals surface area (Å²) >= 11 is 0. The van der Waals surface area contributed by atoms with Gasteiger partial charge in [0.25, 0.3) is 7.52 Å². The molecule has 0 bridgehead atoms. The lowest BCUT2D eigenvalue weighted by atomic mass is 10.0. The zero-order valence-electron chi connectivity index (χ0n) is 14.1. The highest BCUT2D eigenvalue weighted by Crippen LogP contribution is 2.46. The minimum absolute atomic E-state index is 0.0338. The molecule has 1 aromatic heterocycles. The highest BCUT2D eigenvalue weighted by molar-refractivity contribution is 7.56. The number of nitrogens with zero attached hydrogens (tertiary/aromatic N) is 2. The van der Waals surface area contributed by atoms with Crippen molar-refractivity contribution < 1.29 is 23.7 Å². The molecule has 4 N–H and O–H groups in total. The van der Waals surface area contributed by atoms with Crippen LogP contribution in [0.3, 0.4) is 0 Å². The van der Waals surface area contributed by atoms with E-state index in [1.165, 1.54) is 16.8 Å². The van der Waals surface area contributed by atoms with E-state index in [-0.39, 0.29) is 31.2 Å². The number of carbonyl (C=O) groups is 1. The van der Waals surface area contributed by atoms with Crippen molar-refractivity contribution in [3.8, 4) is 0 Å². The van der Waals surface area contributed by atoms with Crippen LogP contribution >= 0.6 is 7.52 Å². The lowest BCUT2D eigenvalue weighted by Gasteiger charge is -2.32. The van der Waals surface area contributed by atoms with Gasteiger partial charge in [0.05, 0.1) is 13.2 Å². The molecule has 0 radical (unpaired) electrons. The lowest BCUT2D eigenvalue weighted by Crippen LogP contribution is -2.43. The maximum atomic E-state index is 12.7. The normalized spacial score (nSPS) is 26.1. The minimum atomic E-state index is -3.43. The minimum Gasteiger partial charge on any atom is -0.480 e. The number of aliphatic carboxylic acids is 1. The maximum absolute atomic E-state index is 12.7. The standard InChI is InChI=1S/C14H23N4O6P/c1-3-9(2)12(13(19)20)17-25(22)8-23-10(7-24-25)6-18-5-4-11(15)16-14(18)21/h4-5,9-10,12H,3,6-8H2,1-2H3,(H,17,22)(H,19,20)(H2,15,16,21)/t9?,10-,12?,25?/m0/s1. The van der Waals surface area contributed by atoms with Crippen LogP contribution in [0.4, 0.5) is 5.82 Å². The number of nitrogen functional groups attached to an aromatic ring is 1. The van der Waals surface area contributed by atoms with Gasteiger partial charge in [-0.1, -0.05) is 20.3 Å².